The molecule has 2 amide bonds. The van der Waals surface area contributed by atoms with Gasteiger partial charge in [-0.25, -0.2) is 4.79 Å². The smallest absolute Gasteiger partial charge is 0.317 e. The Morgan fingerprint density at radius 1 is 1.20 bits per heavy atom. The second-order valence-electron chi connectivity index (χ2n) is 7.26. The van der Waals surface area contributed by atoms with Gasteiger partial charge in [0.05, 0.1) is 12.5 Å². The molecule has 0 aromatic heterocycles. The zero-order chi connectivity index (χ0) is 18.3. The quantitative estimate of drug-likeness (QED) is 0.490. The molecular formula is C18H30N2O5. The van der Waals surface area contributed by atoms with Crippen molar-refractivity contribution in [1.82, 2.24) is 10.2 Å². The molecule has 7 heteroatoms. The van der Waals surface area contributed by atoms with E-state index in [0.29, 0.717) is 32.5 Å². The molecule has 2 N–H and O–H groups in total. The number of amides is 2. The molecule has 2 rings (SSSR count). The maximum atomic E-state index is 12.3. The van der Waals surface area contributed by atoms with Crippen LogP contribution in [0, 0.1) is 11.3 Å². The molecule has 2 aliphatic rings. The number of esters is 1. The number of aliphatic carboxylic acids is 1. The van der Waals surface area contributed by atoms with E-state index in [1.54, 1.807) is 4.90 Å². The lowest BCUT2D eigenvalue weighted by atomic mass is 9.81. The number of carbonyl (C=O) groups excluding carboxylic acids is 2. The lowest BCUT2D eigenvalue weighted by Gasteiger charge is -2.23. The average Bonchev–Trinajstić information content (AvgIpc) is 3.15. The van der Waals surface area contributed by atoms with Crippen LogP contribution in [-0.2, 0) is 14.3 Å². The summed E-state index contributed by atoms with van der Waals surface area (Å²) in [7, 11) is 1.40. The lowest BCUT2D eigenvalue weighted by molar-refractivity contribution is -0.149. The van der Waals surface area contributed by atoms with Gasteiger partial charge in [0.25, 0.3) is 0 Å². The number of carboxylic acid groups (broad SMARTS) is 1. The SMILES string of the molecule is COC(=O)CCCCCCCNC(=O)N1C[C@@H]2CCC[C@@]2(C(=O)O)C1. The van der Waals surface area contributed by atoms with Gasteiger partial charge in [0.15, 0.2) is 0 Å². The summed E-state index contributed by atoms with van der Waals surface area (Å²) in [5.41, 5.74) is -0.711. The Bertz CT molecular complexity index is 496. The van der Waals surface area contributed by atoms with Crippen molar-refractivity contribution in [1.29, 1.82) is 0 Å². The Balaban J connectivity index is 1.58. The molecule has 1 aliphatic heterocycles. The van der Waals surface area contributed by atoms with E-state index in [2.05, 4.69) is 10.1 Å². The second-order valence-corrected chi connectivity index (χ2v) is 7.26. The summed E-state index contributed by atoms with van der Waals surface area (Å²) in [5, 5.41) is 12.5. The van der Waals surface area contributed by atoms with Crippen molar-refractivity contribution in [3.63, 3.8) is 0 Å². The fourth-order valence-corrected chi connectivity index (χ4v) is 4.13. The molecule has 2 atom stereocenters. The number of hydrogen-bond acceptors (Lipinski definition) is 4. The van der Waals surface area contributed by atoms with Crippen molar-refractivity contribution in [2.75, 3.05) is 26.7 Å². The molecule has 142 valence electrons. The van der Waals surface area contributed by atoms with Crippen molar-refractivity contribution >= 4 is 18.0 Å². The van der Waals surface area contributed by atoms with Crippen LogP contribution in [0.5, 0.6) is 0 Å². The molecule has 25 heavy (non-hydrogen) atoms. The average molecular weight is 354 g/mol. The summed E-state index contributed by atoms with van der Waals surface area (Å²) in [6, 6.07) is -0.138. The Kier molecular flexibility index (Phi) is 7.08. The first-order chi connectivity index (χ1) is 12.0. The lowest BCUT2D eigenvalue weighted by Crippen LogP contribution is -2.41. The van der Waals surface area contributed by atoms with E-state index in [9.17, 15) is 19.5 Å². The Morgan fingerprint density at radius 3 is 2.60 bits per heavy atom. The normalized spacial score (nSPS) is 24.8. The number of carboxylic acids is 1. The minimum atomic E-state index is -0.753. The van der Waals surface area contributed by atoms with Crippen molar-refractivity contribution in [2.24, 2.45) is 11.3 Å². The molecule has 1 heterocycles. The number of urea groups is 1. The van der Waals surface area contributed by atoms with Crippen molar-refractivity contribution in [2.45, 2.75) is 57.8 Å². The highest BCUT2D eigenvalue weighted by Crippen LogP contribution is 2.48. The standard InChI is InChI=1S/C18H30N2O5/c1-25-15(21)9-5-3-2-4-6-11-19-17(24)20-12-14-8-7-10-18(14,13-20)16(22)23/h14H,2-13H2,1H3,(H,19,24)(H,22,23)/t14-,18+/m0/s1. The van der Waals surface area contributed by atoms with Crippen LogP contribution in [-0.4, -0.2) is 54.7 Å². The van der Waals surface area contributed by atoms with Gasteiger partial charge in [-0.2, -0.15) is 0 Å². The molecule has 1 saturated heterocycles. The van der Waals surface area contributed by atoms with E-state index in [4.69, 9.17) is 0 Å². The van der Waals surface area contributed by atoms with Gasteiger partial charge in [-0.05, 0) is 31.6 Å². The number of methoxy groups -OCH3 is 1. The largest absolute Gasteiger partial charge is 0.481 e. The number of hydrogen-bond donors (Lipinski definition) is 2. The van der Waals surface area contributed by atoms with E-state index in [1.165, 1.54) is 7.11 Å². The third kappa shape index (κ3) is 4.86. The van der Waals surface area contributed by atoms with Crippen LogP contribution >= 0.6 is 0 Å². The van der Waals surface area contributed by atoms with E-state index in [1.807, 2.05) is 0 Å². The summed E-state index contributed by atoms with van der Waals surface area (Å²) in [6.45, 7) is 1.51. The Morgan fingerprint density at radius 2 is 1.92 bits per heavy atom. The molecule has 0 aromatic carbocycles. The number of carbonyl (C=O) groups is 3. The van der Waals surface area contributed by atoms with Crippen LogP contribution in [0.3, 0.4) is 0 Å². The topological polar surface area (TPSA) is 95.9 Å². The Labute approximate surface area is 149 Å². The maximum Gasteiger partial charge on any atom is 0.317 e. The van der Waals surface area contributed by atoms with E-state index in [0.717, 1.165) is 44.9 Å². The molecule has 0 bridgehead atoms. The van der Waals surface area contributed by atoms with Gasteiger partial charge in [0.2, 0.25) is 0 Å². The minimum Gasteiger partial charge on any atom is -0.481 e. The first-order valence-electron chi connectivity index (χ1n) is 9.32. The predicted molar refractivity (Wildman–Crippen MR) is 92.1 cm³/mol. The summed E-state index contributed by atoms with van der Waals surface area (Å²) < 4.78 is 4.59. The third-order valence-electron chi connectivity index (χ3n) is 5.65. The zero-order valence-corrected chi connectivity index (χ0v) is 15.1. The summed E-state index contributed by atoms with van der Waals surface area (Å²) in [5.74, 6) is -0.815. The zero-order valence-electron chi connectivity index (χ0n) is 15.1. The van der Waals surface area contributed by atoms with Gasteiger partial charge in [-0.3, -0.25) is 9.59 Å². The van der Waals surface area contributed by atoms with E-state index >= 15 is 0 Å². The molecular weight excluding hydrogens is 324 g/mol. The van der Waals surface area contributed by atoms with Gasteiger partial charge in [0.1, 0.15) is 0 Å². The highest BCUT2D eigenvalue weighted by molar-refractivity contribution is 5.80. The summed E-state index contributed by atoms with van der Waals surface area (Å²) in [4.78, 5) is 36.5. The molecule has 7 nitrogen and oxygen atoms in total. The Hall–Kier alpha value is -1.79. The van der Waals surface area contributed by atoms with E-state index in [-0.39, 0.29) is 17.9 Å². The van der Waals surface area contributed by atoms with Gasteiger partial charge in [-0.1, -0.05) is 25.7 Å². The van der Waals surface area contributed by atoms with Gasteiger partial charge in [-0.15, -0.1) is 0 Å². The predicted octanol–water partition coefficient (Wildman–Crippen LogP) is 2.40. The number of fused-ring (bicyclic) bond motifs is 1. The monoisotopic (exact) mass is 354 g/mol. The summed E-state index contributed by atoms with van der Waals surface area (Å²) >= 11 is 0. The van der Waals surface area contributed by atoms with Crippen molar-refractivity contribution in [3.05, 3.63) is 0 Å². The molecule has 0 spiro atoms. The van der Waals surface area contributed by atoms with Crippen LogP contribution in [0.1, 0.15) is 57.8 Å². The number of unbranched alkanes of at least 4 members (excludes halogenated alkanes) is 4. The van der Waals surface area contributed by atoms with Gasteiger partial charge in [0, 0.05) is 26.1 Å². The number of likely N-dealkylation sites (tertiary alicyclic amines) is 1. The summed E-state index contributed by atoms with van der Waals surface area (Å²) in [6.07, 6.45) is 7.75. The molecule has 1 aliphatic carbocycles. The van der Waals surface area contributed by atoms with Crippen LogP contribution < -0.4 is 5.32 Å². The molecule has 0 radical (unpaired) electrons. The molecule has 0 unspecified atom stereocenters. The third-order valence-corrected chi connectivity index (χ3v) is 5.65. The van der Waals surface area contributed by atoms with Crippen LogP contribution in [0.15, 0.2) is 0 Å². The van der Waals surface area contributed by atoms with Gasteiger partial charge >= 0.3 is 18.0 Å². The number of ether oxygens (including phenoxy) is 1. The maximum absolute atomic E-state index is 12.3. The second kappa shape index (κ2) is 9.06. The highest BCUT2D eigenvalue weighted by Gasteiger charge is 2.55. The number of nitrogens with one attached hydrogen (secondary N) is 1. The van der Waals surface area contributed by atoms with Crippen molar-refractivity contribution in [3.8, 4) is 0 Å². The molecule has 2 fully saturated rings. The van der Waals surface area contributed by atoms with Crippen LogP contribution in [0.25, 0.3) is 0 Å². The number of nitrogens with zero attached hydrogens (tertiary/aromatic N) is 1. The number of rotatable bonds is 9. The fraction of sp³-hybridized carbons (Fsp3) is 0.833. The molecule has 1 saturated carbocycles. The fourth-order valence-electron chi connectivity index (χ4n) is 4.13. The van der Waals surface area contributed by atoms with E-state index < -0.39 is 11.4 Å². The first kappa shape index (κ1) is 19.5. The van der Waals surface area contributed by atoms with Crippen LogP contribution in [0.2, 0.25) is 0 Å². The first-order valence-corrected chi connectivity index (χ1v) is 9.32. The van der Waals surface area contributed by atoms with Crippen molar-refractivity contribution < 1.29 is 24.2 Å². The minimum absolute atomic E-state index is 0.102. The van der Waals surface area contributed by atoms with Gasteiger partial charge < -0.3 is 20.1 Å². The van der Waals surface area contributed by atoms with Crippen LogP contribution in [0.4, 0.5) is 4.79 Å². The molecule has 0 aromatic rings. The highest BCUT2D eigenvalue weighted by atomic mass is 16.5.